The third-order valence-corrected chi connectivity index (χ3v) is 6.36. The number of rotatable bonds is 8. The summed E-state index contributed by atoms with van der Waals surface area (Å²) in [6.45, 7) is 1.79. The van der Waals surface area contributed by atoms with Crippen molar-refractivity contribution in [2.75, 3.05) is 6.54 Å². The monoisotopic (exact) mass is 509 g/mol. The molecule has 1 aromatic carbocycles. The summed E-state index contributed by atoms with van der Waals surface area (Å²) in [6, 6.07) is 2.79. The molecule has 1 aromatic heterocycles. The molecule has 1 heterocycles. The second-order valence-electron chi connectivity index (χ2n) is 9.08. The first-order valence-corrected chi connectivity index (χ1v) is 11.8. The number of nitrogens with zero attached hydrogens (tertiary/aromatic N) is 1. The van der Waals surface area contributed by atoms with E-state index in [-0.39, 0.29) is 23.1 Å². The molecule has 1 fully saturated rings. The van der Waals surface area contributed by atoms with E-state index in [1.54, 1.807) is 12.1 Å². The Labute approximate surface area is 210 Å². The van der Waals surface area contributed by atoms with Crippen LogP contribution in [0.3, 0.4) is 0 Å². The minimum absolute atomic E-state index is 0. The van der Waals surface area contributed by atoms with Crippen molar-refractivity contribution in [2.24, 2.45) is 23.1 Å². The standard InChI is InChI=1S/C24H35N5O5.ClH/c1-14(26)22(31)29(23(32)21(30)19(27)11-15-5-3-2-4-6-15)24(33)34-17-7-8-20-18(12-17)16(9-10-25)13-28-20;/h7-8,12-15,19,21,28,30H,2-6,9-11,25-27H2,1H3;1H/t14?,19-,21?;/m1./s1. The van der Waals surface area contributed by atoms with Crippen LogP contribution in [0, 0.1) is 5.92 Å². The van der Waals surface area contributed by atoms with Gasteiger partial charge in [-0.2, -0.15) is 4.90 Å². The molecule has 1 aliphatic rings. The number of imide groups is 3. The third kappa shape index (κ3) is 7.02. The van der Waals surface area contributed by atoms with Gasteiger partial charge in [0.1, 0.15) is 11.9 Å². The molecule has 0 saturated heterocycles. The smallest absolute Gasteiger partial charge is 0.410 e. The van der Waals surface area contributed by atoms with Gasteiger partial charge in [-0.1, -0.05) is 32.1 Å². The van der Waals surface area contributed by atoms with E-state index in [9.17, 15) is 19.5 Å². The number of carbonyl (C=O) groups excluding carboxylic acids is 3. The van der Waals surface area contributed by atoms with Crippen molar-refractivity contribution in [1.82, 2.24) is 9.88 Å². The van der Waals surface area contributed by atoms with Gasteiger partial charge in [0.25, 0.3) is 11.8 Å². The molecule has 35 heavy (non-hydrogen) atoms. The number of halogens is 1. The van der Waals surface area contributed by atoms with Gasteiger partial charge in [-0.25, -0.2) is 4.79 Å². The zero-order chi connectivity index (χ0) is 24.8. The van der Waals surface area contributed by atoms with Crippen molar-refractivity contribution >= 4 is 41.2 Å². The summed E-state index contributed by atoms with van der Waals surface area (Å²) in [5.41, 5.74) is 19.2. The minimum Gasteiger partial charge on any atom is -0.410 e. The van der Waals surface area contributed by atoms with Gasteiger partial charge >= 0.3 is 6.09 Å². The number of hydrogen-bond acceptors (Lipinski definition) is 8. The van der Waals surface area contributed by atoms with Gasteiger partial charge in [0.15, 0.2) is 0 Å². The summed E-state index contributed by atoms with van der Waals surface area (Å²) >= 11 is 0. The fourth-order valence-electron chi connectivity index (χ4n) is 4.47. The molecule has 8 N–H and O–H groups in total. The summed E-state index contributed by atoms with van der Waals surface area (Å²) in [6.07, 6.45) is 5.18. The molecule has 1 saturated carbocycles. The van der Waals surface area contributed by atoms with Crippen molar-refractivity contribution in [2.45, 2.75) is 70.1 Å². The number of carbonyl (C=O) groups is 3. The Bertz CT molecular complexity index is 1020. The van der Waals surface area contributed by atoms with Gasteiger partial charge in [-0.3, -0.25) is 9.59 Å². The zero-order valence-corrected chi connectivity index (χ0v) is 20.8. The Balaban J connectivity index is 0.00000432. The van der Waals surface area contributed by atoms with Crippen molar-refractivity contribution in [1.29, 1.82) is 0 Å². The number of nitrogens with one attached hydrogen (secondary N) is 1. The van der Waals surface area contributed by atoms with Gasteiger partial charge < -0.3 is 32.0 Å². The Morgan fingerprint density at radius 1 is 1.17 bits per heavy atom. The number of ether oxygens (including phenoxy) is 1. The number of fused-ring (bicyclic) bond motifs is 1. The number of nitrogens with two attached hydrogens (primary N) is 3. The lowest BCUT2D eigenvalue weighted by Crippen LogP contribution is -2.56. The fraction of sp³-hybridized carbons (Fsp3) is 0.542. The second kappa shape index (κ2) is 13.0. The van der Waals surface area contributed by atoms with Crippen LogP contribution in [-0.4, -0.2) is 57.6 Å². The van der Waals surface area contributed by atoms with E-state index < -0.39 is 36.1 Å². The second-order valence-corrected chi connectivity index (χ2v) is 9.08. The predicted octanol–water partition coefficient (Wildman–Crippen LogP) is 1.95. The molecule has 2 unspecified atom stereocenters. The van der Waals surface area contributed by atoms with Crippen molar-refractivity contribution < 1.29 is 24.2 Å². The highest BCUT2D eigenvalue weighted by Crippen LogP contribution is 2.28. The molecule has 3 atom stereocenters. The van der Waals surface area contributed by atoms with Crippen LogP contribution in [-0.2, 0) is 16.0 Å². The molecule has 0 spiro atoms. The van der Waals surface area contributed by atoms with Crippen LogP contribution in [0.5, 0.6) is 5.75 Å². The quantitative estimate of drug-likeness (QED) is 0.358. The van der Waals surface area contributed by atoms with Gasteiger partial charge in [0.05, 0.1) is 6.04 Å². The lowest BCUT2D eigenvalue weighted by molar-refractivity contribution is -0.148. The summed E-state index contributed by atoms with van der Waals surface area (Å²) in [5, 5.41) is 11.4. The van der Waals surface area contributed by atoms with Gasteiger partial charge in [0.2, 0.25) is 0 Å². The molecular weight excluding hydrogens is 474 g/mol. The molecule has 3 amide bonds. The van der Waals surface area contributed by atoms with Crippen LogP contribution < -0.4 is 21.9 Å². The fourth-order valence-corrected chi connectivity index (χ4v) is 4.47. The topological polar surface area (TPSA) is 178 Å². The van der Waals surface area contributed by atoms with Crippen LogP contribution in [0.4, 0.5) is 4.79 Å². The van der Waals surface area contributed by atoms with Crippen LogP contribution in [0.25, 0.3) is 10.9 Å². The minimum atomic E-state index is -1.74. The Kier molecular flexibility index (Phi) is 10.7. The van der Waals surface area contributed by atoms with Crippen molar-refractivity contribution in [3.05, 3.63) is 30.0 Å². The van der Waals surface area contributed by atoms with E-state index in [1.807, 2.05) is 6.20 Å². The van der Waals surface area contributed by atoms with Crippen LogP contribution >= 0.6 is 12.4 Å². The number of aliphatic hydroxyl groups excluding tert-OH is 1. The molecule has 0 radical (unpaired) electrons. The Morgan fingerprint density at radius 3 is 2.49 bits per heavy atom. The van der Waals surface area contributed by atoms with Crippen LogP contribution in [0.1, 0.15) is 51.0 Å². The SMILES string of the molecule is CC(N)C(=O)N(C(=O)Oc1ccc2[nH]cc(CCN)c2c1)C(=O)C(O)[C@H](N)CC1CCCCC1.Cl. The Hall–Kier alpha value is -2.50. The van der Waals surface area contributed by atoms with E-state index in [0.717, 1.165) is 48.6 Å². The summed E-state index contributed by atoms with van der Waals surface area (Å²) in [7, 11) is 0. The molecule has 0 bridgehead atoms. The van der Waals surface area contributed by atoms with Gasteiger partial charge in [0, 0.05) is 23.1 Å². The molecule has 11 heteroatoms. The molecule has 2 aromatic rings. The number of aromatic nitrogens is 1. The Morgan fingerprint density at radius 2 is 1.86 bits per heavy atom. The maximum absolute atomic E-state index is 13.0. The molecule has 0 aliphatic heterocycles. The van der Waals surface area contributed by atoms with Gasteiger partial charge in [-0.05, 0) is 56.0 Å². The average Bonchev–Trinajstić information content (AvgIpc) is 3.21. The lowest BCUT2D eigenvalue weighted by Gasteiger charge is -2.28. The maximum atomic E-state index is 13.0. The molecule has 3 rings (SSSR count). The van der Waals surface area contributed by atoms with E-state index in [0.29, 0.717) is 25.3 Å². The largest absolute Gasteiger partial charge is 0.429 e. The zero-order valence-electron chi connectivity index (χ0n) is 19.9. The first-order valence-electron chi connectivity index (χ1n) is 11.8. The predicted molar refractivity (Wildman–Crippen MR) is 135 cm³/mol. The van der Waals surface area contributed by atoms with Crippen LogP contribution in [0.15, 0.2) is 24.4 Å². The lowest BCUT2D eigenvalue weighted by atomic mass is 9.84. The normalized spacial score (nSPS) is 16.7. The third-order valence-electron chi connectivity index (χ3n) is 6.36. The molecule has 194 valence electrons. The number of hydrogen-bond donors (Lipinski definition) is 5. The first kappa shape index (κ1) is 28.7. The van der Waals surface area contributed by atoms with E-state index >= 15 is 0 Å². The van der Waals surface area contributed by atoms with Gasteiger partial charge in [-0.15, -0.1) is 12.4 Å². The number of H-pyrrole nitrogens is 1. The highest BCUT2D eigenvalue weighted by molar-refractivity contribution is 6.12. The van der Waals surface area contributed by atoms with E-state index in [4.69, 9.17) is 21.9 Å². The summed E-state index contributed by atoms with van der Waals surface area (Å²) in [4.78, 5) is 42.0. The number of aromatic amines is 1. The number of benzene rings is 1. The molecule has 1 aliphatic carbocycles. The molecular formula is C24H36ClN5O5. The first-order chi connectivity index (χ1) is 16.2. The number of amides is 3. The average molecular weight is 510 g/mol. The summed E-state index contributed by atoms with van der Waals surface area (Å²) in [5.74, 6) is -1.69. The van der Waals surface area contributed by atoms with Crippen molar-refractivity contribution in [3.8, 4) is 5.75 Å². The van der Waals surface area contributed by atoms with E-state index in [1.165, 1.54) is 13.0 Å². The number of aliphatic hydroxyl groups is 1. The van der Waals surface area contributed by atoms with Crippen LogP contribution in [0.2, 0.25) is 0 Å². The van der Waals surface area contributed by atoms with E-state index in [2.05, 4.69) is 4.98 Å². The van der Waals surface area contributed by atoms with Crippen molar-refractivity contribution in [3.63, 3.8) is 0 Å². The highest BCUT2D eigenvalue weighted by atomic mass is 35.5. The molecule has 10 nitrogen and oxygen atoms in total. The maximum Gasteiger partial charge on any atom is 0.429 e. The summed E-state index contributed by atoms with van der Waals surface area (Å²) < 4.78 is 5.35. The highest BCUT2D eigenvalue weighted by Gasteiger charge is 2.39.